The van der Waals surface area contributed by atoms with Gasteiger partial charge in [-0.15, -0.1) is 0 Å². The smallest absolute Gasteiger partial charge is 0.329 e. The third kappa shape index (κ3) is 7.82. The van der Waals surface area contributed by atoms with Crippen molar-refractivity contribution in [3.63, 3.8) is 0 Å². The second-order valence-corrected chi connectivity index (χ2v) is 7.62. The van der Waals surface area contributed by atoms with E-state index in [1.54, 1.807) is 36.4 Å². The number of para-hydroxylation sites is 1. The number of aryl methyl sites for hydroxylation is 2. The summed E-state index contributed by atoms with van der Waals surface area (Å²) in [6, 6.07) is 21.7. The van der Waals surface area contributed by atoms with Crippen molar-refractivity contribution in [1.29, 1.82) is 0 Å². The molecule has 3 N–H and O–H groups in total. The lowest BCUT2D eigenvalue weighted by Gasteiger charge is -2.10. The molecule has 0 unspecified atom stereocenters. The summed E-state index contributed by atoms with van der Waals surface area (Å²) in [5.41, 5.74) is 6.28. The van der Waals surface area contributed by atoms with Crippen LogP contribution in [0.15, 0.2) is 77.9 Å². The monoisotopic (exact) mass is 472 g/mol. The van der Waals surface area contributed by atoms with Gasteiger partial charge in [-0.2, -0.15) is 5.10 Å². The highest BCUT2D eigenvalue weighted by atomic mass is 16.5. The predicted octanol–water partition coefficient (Wildman–Crippen LogP) is 3.92. The fourth-order valence-electron chi connectivity index (χ4n) is 3.20. The molecule has 0 saturated carbocycles. The van der Waals surface area contributed by atoms with Crippen LogP contribution >= 0.6 is 0 Å². The lowest BCUT2D eigenvalue weighted by Crippen LogP contribution is -2.32. The Bertz CT molecular complexity index is 1210. The van der Waals surface area contributed by atoms with Crippen LogP contribution in [0.4, 0.5) is 11.4 Å². The summed E-state index contributed by atoms with van der Waals surface area (Å²) < 4.78 is 5.58. The van der Waals surface area contributed by atoms with E-state index in [1.165, 1.54) is 6.21 Å². The van der Waals surface area contributed by atoms with Crippen LogP contribution in [0.5, 0.6) is 5.75 Å². The molecule has 0 bridgehead atoms. The number of amides is 3. The highest BCUT2D eigenvalue weighted by Crippen LogP contribution is 2.16. The van der Waals surface area contributed by atoms with Crippen molar-refractivity contribution in [3.05, 3.63) is 89.5 Å². The number of rotatable bonds is 9. The average molecular weight is 473 g/mol. The molecule has 35 heavy (non-hydrogen) atoms. The first-order chi connectivity index (χ1) is 17.0. The summed E-state index contributed by atoms with van der Waals surface area (Å²) in [7, 11) is 0. The fourth-order valence-corrected chi connectivity index (χ4v) is 3.20. The number of carbonyl (C=O) groups is 3. The normalized spacial score (nSPS) is 10.6. The van der Waals surface area contributed by atoms with Gasteiger partial charge in [0.15, 0.2) is 6.61 Å². The van der Waals surface area contributed by atoms with Crippen molar-refractivity contribution in [3.8, 4) is 5.75 Å². The van der Waals surface area contributed by atoms with Gasteiger partial charge in [0.1, 0.15) is 5.75 Å². The van der Waals surface area contributed by atoms with Gasteiger partial charge < -0.3 is 15.4 Å². The van der Waals surface area contributed by atoms with E-state index >= 15 is 0 Å². The van der Waals surface area contributed by atoms with Crippen LogP contribution in [-0.2, 0) is 27.2 Å². The molecule has 180 valence electrons. The Morgan fingerprint density at radius 1 is 0.857 bits per heavy atom. The van der Waals surface area contributed by atoms with Gasteiger partial charge in [0.2, 0.25) is 0 Å². The summed E-state index contributed by atoms with van der Waals surface area (Å²) in [6.07, 6.45) is 3.07. The number of anilines is 2. The topological polar surface area (TPSA) is 109 Å². The lowest BCUT2D eigenvalue weighted by atomic mass is 10.1. The van der Waals surface area contributed by atoms with Crippen LogP contribution in [0.2, 0.25) is 0 Å². The maximum absolute atomic E-state index is 12.3. The standard InChI is InChI=1S/C27H28N4O4/c1-3-19-12-14-22(15-13-19)29-26(33)27(34)31-28-17-20-8-7-10-23(16-20)35-18-25(32)30-24-11-6-5-9-21(24)4-2/h5-17H,3-4,18H2,1-2H3,(H,29,33)(H,30,32)(H,31,34)/b28-17-. The number of hydrogen-bond acceptors (Lipinski definition) is 5. The highest BCUT2D eigenvalue weighted by Gasteiger charge is 2.12. The molecule has 0 aliphatic heterocycles. The molecular formula is C27H28N4O4. The second kappa shape index (κ2) is 12.7. The van der Waals surface area contributed by atoms with Gasteiger partial charge in [-0.05, 0) is 59.9 Å². The van der Waals surface area contributed by atoms with Gasteiger partial charge in [0.05, 0.1) is 6.21 Å². The van der Waals surface area contributed by atoms with E-state index in [9.17, 15) is 14.4 Å². The van der Waals surface area contributed by atoms with Gasteiger partial charge >= 0.3 is 11.8 Å². The summed E-state index contributed by atoms with van der Waals surface area (Å²) in [5, 5.41) is 9.19. The molecule has 0 spiro atoms. The summed E-state index contributed by atoms with van der Waals surface area (Å²) in [6.45, 7) is 3.90. The lowest BCUT2D eigenvalue weighted by molar-refractivity contribution is -0.136. The van der Waals surface area contributed by atoms with E-state index in [2.05, 4.69) is 21.2 Å². The Morgan fingerprint density at radius 2 is 1.63 bits per heavy atom. The molecule has 0 heterocycles. The summed E-state index contributed by atoms with van der Waals surface area (Å²) in [4.78, 5) is 36.3. The molecular weight excluding hydrogens is 444 g/mol. The largest absolute Gasteiger partial charge is 0.484 e. The number of hydrogen-bond donors (Lipinski definition) is 3. The van der Waals surface area contributed by atoms with Gasteiger partial charge in [-0.25, -0.2) is 5.43 Å². The zero-order valence-corrected chi connectivity index (χ0v) is 19.7. The zero-order valence-electron chi connectivity index (χ0n) is 19.7. The second-order valence-electron chi connectivity index (χ2n) is 7.62. The molecule has 3 amide bonds. The Morgan fingerprint density at radius 3 is 2.37 bits per heavy atom. The average Bonchev–Trinajstić information content (AvgIpc) is 2.88. The van der Waals surface area contributed by atoms with Crippen molar-refractivity contribution in [2.45, 2.75) is 26.7 Å². The van der Waals surface area contributed by atoms with Crippen LogP contribution in [0, 0.1) is 0 Å². The van der Waals surface area contributed by atoms with Crippen molar-refractivity contribution < 1.29 is 19.1 Å². The predicted molar refractivity (Wildman–Crippen MR) is 137 cm³/mol. The number of benzene rings is 3. The Balaban J connectivity index is 1.48. The molecule has 3 rings (SSSR count). The minimum absolute atomic E-state index is 0.158. The number of carbonyl (C=O) groups excluding carboxylic acids is 3. The first-order valence-electron chi connectivity index (χ1n) is 11.3. The zero-order chi connectivity index (χ0) is 25.0. The number of nitrogens with one attached hydrogen (secondary N) is 3. The molecule has 0 saturated heterocycles. The third-order valence-corrected chi connectivity index (χ3v) is 5.11. The van der Waals surface area contributed by atoms with E-state index in [1.807, 2.05) is 50.2 Å². The molecule has 0 aliphatic carbocycles. The van der Waals surface area contributed by atoms with E-state index in [-0.39, 0.29) is 12.5 Å². The Kier molecular flexibility index (Phi) is 9.13. The molecule has 8 nitrogen and oxygen atoms in total. The quantitative estimate of drug-likeness (QED) is 0.249. The van der Waals surface area contributed by atoms with Crippen LogP contribution < -0.4 is 20.8 Å². The minimum Gasteiger partial charge on any atom is -0.484 e. The Hall–Kier alpha value is -4.46. The number of ether oxygens (including phenoxy) is 1. The van der Waals surface area contributed by atoms with E-state index in [0.29, 0.717) is 17.0 Å². The van der Waals surface area contributed by atoms with Gasteiger partial charge in [0.25, 0.3) is 5.91 Å². The van der Waals surface area contributed by atoms with E-state index in [4.69, 9.17) is 4.74 Å². The van der Waals surface area contributed by atoms with Gasteiger partial charge in [-0.1, -0.05) is 56.3 Å². The third-order valence-electron chi connectivity index (χ3n) is 5.11. The maximum Gasteiger partial charge on any atom is 0.329 e. The summed E-state index contributed by atoms with van der Waals surface area (Å²) in [5.74, 6) is -1.52. The molecule has 0 aliphatic rings. The molecule has 0 radical (unpaired) electrons. The number of nitrogens with zero attached hydrogens (tertiary/aromatic N) is 1. The molecule has 3 aromatic carbocycles. The molecule has 0 atom stereocenters. The van der Waals surface area contributed by atoms with Crippen LogP contribution in [0.1, 0.15) is 30.5 Å². The van der Waals surface area contributed by atoms with Gasteiger partial charge in [0, 0.05) is 11.4 Å². The van der Waals surface area contributed by atoms with Crippen LogP contribution in [-0.4, -0.2) is 30.5 Å². The minimum atomic E-state index is -0.891. The highest BCUT2D eigenvalue weighted by molar-refractivity contribution is 6.39. The first kappa shape index (κ1) is 25.2. The Labute approximate surface area is 204 Å². The molecule has 3 aromatic rings. The van der Waals surface area contributed by atoms with E-state index in [0.717, 1.165) is 29.7 Å². The van der Waals surface area contributed by atoms with Crippen molar-refractivity contribution in [2.24, 2.45) is 5.10 Å². The van der Waals surface area contributed by atoms with Crippen LogP contribution in [0.25, 0.3) is 0 Å². The van der Waals surface area contributed by atoms with Crippen molar-refractivity contribution in [1.82, 2.24) is 5.43 Å². The number of hydrazone groups is 1. The van der Waals surface area contributed by atoms with E-state index < -0.39 is 11.8 Å². The molecule has 0 fully saturated rings. The fraction of sp³-hybridized carbons (Fsp3) is 0.185. The maximum atomic E-state index is 12.3. The molecule has 0 aromatic heterocycles. The van der Waals surface area contributed by atoms with Crippen molar-refractivity contribution >= 4 is 35.3 Å². The first-order valence-corrected chi connectivity index (χ1v) is 11.3. The molecule has 8 heteroatoms. The summed E-state index contributed by atoms with van der Waals surface area (Å²) >= 11 is 0. The SMILES string of the molecule is CCc1ccc(NC(=O)C(=O)N/N=C\c2cccc(OCC(=O)Nc3ccccc3CC)c2)cc1. The van der Waals surface area contributed by atoms with Crippen LogP contribution in [0.3, 0.4) is 0 Å². The van der Waals surface area contributed by atoms with Crippen molar-refractivity contribution in [2.75, 3.05) is 17.2 Å². The van der Waals surface area contributed by atoms with Gasteiger partial charge in [-0.3, -0.25) is 14.4 Å².